The minimum absolute atomic E-state index is 0.0109. The van der Waals surface area contributed by atoms with Crippen molar-refractivity contribution in [1.29, 1.82) is 0 Å². The van der Waals surface area contributed by atoms with Gasteiger partial charge in [-0.1, -0.05) is 18.2 Å². The van der Waals surface area contributed by atoms with Crippen LogP contribution in [-0.4, -0.2) is 26.6 Å². The summed E-state index contributed by atoms with van der Waals surface area (Å²) in [6.07, 6.45) is 0. The first-order chi connectivity index (χ1) is 9.45. The van der Waals surface area contributed by atoms with Crippen LogP contribution in [0.1, 0.15) is 4.88 Å². The van der Waals surface area contributed by atoms with Crippen LogP contribution in [-0.2, 0) is 19.6 Å². The zero-order valence-electron chi connectivity index (χ0n) is 10.2. The molecule has 0 saturated carbocycles. The summed E-state index contributed by atoms with van der Waals surface area (Å²) in [4.78, 5) is 11.7. The third-order valence-corrected chi connectivity index (χ3v) is 5.64. The molecule has 0 radical (unpaired) electrons. The number of carbonyl (C=O) groups is 1. The van der Waals surface area contributed by atoms with Crippen molar-refractivity contribution in [2.75, 3.05) is 7.11 Å². The molecule has 0 saturated heterocycles. The first-order valence-electron chi connectivity index (χ1n) is 5.52. The molecule has 0 spiro atoms. The Kier molecular flexibility index (Phi) is 2.73. The van der Waals surface area contributed by atoms with Crippen LogP contribution in [0.3, 0.4) is 0 Å². The molecular weight excluding hydrogens is 302 g/mol. The fourth-order valence-corrected chi connectivity index (χ4v) is 4.96. The number of hydrogen-bond acceptors (Lipinski definition) is 6. The summed E-state index contributed by atoms with van der Waals surface area (Å²) in [6, 6.07) is 6.88. The van der Waals surface area contributed by atoms with Crippen molar-refractivity contribution in [3.05, 3.63) is 34.8 Å². The topological polar surface area (TPSA) is 92.7 Å². The van der Waals surface area contributed by atoms with Gasteiger partial charge in [0.1, 0.15) is 4.90 Å². The zero-order chi connectivity index (χ0) is 14.5. The van der Waals surface area contributed by atoms with Gasteiger partial charge in [-0.05, 0) is 6.07 Å². The molecule has 2 N–H and O–H groups in total. The van der Waals surface area contributed by atoms with Crippen LogP contribution in [0, 0.1) is 0 Å². The van der Waals surface area contributed by atoms with Crippen LogP contribution in [0.4, 0.5) is 0 Å². The number of aliphatic hydroxyl groups is 1. The number of carbonyl (C=O) groups excluding carboxylic acids is 1. The second-order valence-electron chi connectivity index (χ2n) is 4.08. The Morgan fingerprint density at radius 3 is 2.75 bits per heavy atom. The lowest BCUT2D eigenvalue weighted by molar-refractivity contribution is -0.136. The van der Waals surface area contributed by atoms with E-state index in [0.29, 0.717) is 10.1 Å². The Balaban J connectivity index is 2.40. The largest absolute Gasteiger partial charge is 0.504 e. The highest BCUT2D eigenvalue weighted by Crippen LogP contribution is 2.41. The SMILES string of the molecule is COC(=O)C1=C(O)c2sc3ccccc3c2S(=O)(=O)N1. The van der Waals surface area contributed by atoms with Gasteiger partial charge < -0.3 is 9.84 Å². The van der Waals surface area contributed by atoms with Crippen LogP contribution >= 0.6 is 11.3 Å². The summed E-state index contributed by atoms with van der Waals surface area (Å²) in [5, 5.41) is 10.6. The monoisotopic (exact) mass is 311 g/mol. The normalized spacial score (nSPS) is 16.6. The third kappa shape index (κ3) is 1.69. The van der Waals surface area contributed by atoms with E-state index < -0.39 is 27.4 Å². The number of thiophene rings is 1. The Hall–Kier alpha value is -2.06. The molecule has 0 bridgehead atoms. The number of sulfonamides is 1. The highest BCUT2D eigenvalue weighted by atomic mass is 32.2. The van der Waals surface area contributed by atoms with Gasteiger partial charge in [0.15, 0.2) is 11.5 Å². The van der Waals surface area contributed by atoms with Gasteiger partial charge in [0.05, 0.1) is 12.0 Å². The van der Waals surface area contributed by atoms with Crippen molar-refractivity contribution < 1.29 is 23.1 Å². The van der Waals surface area contributed by atoms with Gasteiger partial charge >= 0.3 is 5.97 Å². The minimum Gasteiger partial charge on any atom is -0.504 e. The van der Waals surface area contributed by atoms with Gasteiger partial charge in [0.25, 0.3) is 10.0 Å². The molecule has 20 heavy (non-hydrogen) atoms. The summed E-state index contributed by atoms with van der Waals surface area (Å²) in [6.45, 7) is 0. The number of fused-ring (bicyclic) bond motifs is 3. The summed E-state index contributed by atoms with van der Waals surface area (Å²) < 4.78 is 31.8. The van der Waals surface area contributed by atoms with E-state index in [9.17, 15) is 18.3 Å². The highest BCUT2D eigenvalue weighted by Gasteiger charge is 2.36. The van der Waals surface area contributed by atoms with E-state index in [1.54, 1.807) is 24.3 Å². The third-order valence-electron chi connectivity index (χ3n) is 2.90. The van der Waals surface area contributed by atoms with E-state index in [2.05, 4.69) is 9.46 Å². The first-order valence-corrected chi connectivity index (χ1v) is 7.82. The number of nitrogens with one attached hydrogen (secondary N) is 1. The molecule has 1 aliphatic rings. The van der Waals surface area contributed by atoms with E-state index in [0.717, 1.165) is 18.4 Å². The maximum atomic E-state index is 12.3. The maximum Gasteiger partial charge on any atom is 0.359 e. The van der Waals surface area contributed by atoms with Gasteiger partial charge in [0, 0.05) is 10.1 Å². The molecule has 6 nitrogen and oxygen atoms in total. The summed E-state index contributed by atoms with van der Waals surface area (Å²) in [5.74, 6) is -1.35. The van der Waals surface area contributed by atoms with Crippen molar-refractivity contribution in [3.63, 3.8) is 0 Å². The molecule has 0 amide bonds. The standard InChI is InChI=1S/C12H9NO5S2/c1-18-12(15)8-9(14)10-11(20(16,17)13-8)6-4-2-3-5-7(6)19-10/h2-5,13-14H,1H3. The molecule has 0 aliphatic carbocycles. The quantitative estimate of drug-likeness (QED) is 0.780. The Bertz CT molecular complexity index is 863. The van der Waals surface area contributed by atoms with Crippen molar-refractivity contribution in [3.8, 4) is 0 Å². The molecule has 0 atom stereocenters. The van der Waals surface area contributed by atoms with Crippen molar-refractivity contribution >= 4 is 43.2 Å². The van der Waals surface area contributed by atoms with Gasteiger partial charge in [-0.3, -0.25) is 4.72 Å². The summed E-state index contributed by atoms with van der Waals surface area (Å²) in [5.41, 5.74) is -0.466. The second kappa shape index (κ2) is 4.22. The second-order valence-corrected chi connectivity index (χ2v) is 6.75. The molecule has 2 heterocycles. The number of aliphatic hydroxyl groups excluding tert-OH is 1. The number of benzene rings is 1. The maximum absolute atomic E-state index is 12.3. The van der Waals surface area contributed by atoms with Gasteiger partial charge in [-0.2, -0.15) is 0 Å². The van der Waals surface area contributed by atoms with Crippen molar-refractivity contribution in [1.82, 2.24) is 4.72 Å². The smallest absolute Gasteiger partial charge is 0.359 e. The van der Waals surface area contributed by atoms with E-state index >= 15 is 0 Å². The van der Waals surface area contributed by atoms with Gasteiger partial charge in [-0.15, -0.1) is 11.3 Å². The summed E-state index contributed by atoms with van der Waals surface area (Å²) in [7, 11) is -2.81. The predicted octanol–water partition coefficient (Wildman–Crippen LogP) is 1.59. The summed E-state index contributed by atoms with van der Waals surface area (Å²) >= 11 is 1.11. The molecule has 0 fully saturated rings. The molecule has 1 aromatic heterocycles. The number of ether oxygens (including phenoxy) is 1. The minimum atomic E-state index is -3.92. The fourth-order valence-electron chi connectivity index (χ4n) is 2.03. The number of esters is 1. The number of hydrogen-bond donors (Lipinski definition) is 2. The number of rotatable bonds is 1. The molecular formula is C12H9NO5S2. The van der Waals surface area contributed by atoms with E-state index in [-0.39, 0.29) is 9.77 Å². The molecule has 104 valence electrons. The molecule has 0 unspecified atom stereocenters. The van der Waals surface area contributed by atoms with Crippen LogP contribution in [0.2, 0.25) is 0 Å². The van der Waals surface area contributed by atoms with E-state index in [1.807, 2.05) is 0 Å². The first kappa shape index (κ1) is 12.9. The molecule has 2 aromatic rings. The number of methoxy groups -OCH3 is 1. The Morgan fingerprint density at radius 2 is 2.05 bits per heavy atom. The van der Waals surface area contributed by atoms with Crippen LogP contribution in [0.15, 0.2) is 34.9 Å². The molecule has 8 heteroatoms. The van der Waals surface area contributed by atoms with Gasteiger partial charge in [0.2, 0.25) is 0 Å². The molecule has 3 rings (SSSR count). The lowest BCUT2D eigenvalue weighted by Crippen LogP contribution is -2.32. The van der Waals surface area contributed by atoms with E-state index in [4.69, 9.17) is 0 Å². The average Bonchev–Trinajstić information content (AvgIpc) is 2.83. The Labute approximate surface area is 118 Å². The molecule has 1 aliphatic heterocycles. The molecule has 1 aromatic carbocycles. The van der Waals surface area contributed by atoms with Crippen LogP contribution in [0.25, 0.3) is 15.8 Å². The van der Waals surface area contributed by atoms with Gasteiger partial charge in [-0.25, -0.2) is 13.2 Å². The van der Waals surface area contributed by atoms with Crippen LogP contribution in [0.5, 0.6) is 0 Å². The lowest BCUT2D eigenvalue weighted by Gasteiger charge is -2.17. The predicted molar refractivity (Wildman–Crippen MR) is 73.7 cm³/mol. The lowest BCUT2D eigenvalue weighted by atomic mass is 10.2. The van der Waals surface area contributed by atoms with E-state index in [1.165, 1.54) is 0 Å². The zero-order valence-corrected chi connectivity index (χ0v) is 11.8. The highest BCUT2D eigenvalue weighted by molar-refractivity contribution is 7.90. The fraction of sp³-hybridized carbons (Fsp3) is 0.0833. The Morgan fingerprint density at radius 1 is 1.35 bits per heavy atom. The van der Waals surface area contributed by atoms with Crippen LogP contribution < -0.4 is 4.72 Å². The van der Waals surface area contributed by atoms with Crippen molar-refractivity contribution in [2.24, 2.45) is 0 Å². The van der Waals surface area contributed by atoms with Crippen molar-refractivity contribution in [2.45, 2.75) is 4.90 Å². The average molecular weight is 311 g/mol.